The van der Waals surface area contributed by atoms with Gasteiger partial charge in [0.25, 0.3) is 0 Å². The van der Waals surface area contributed by atoms with Crippen molar-refractivity contribution in [3.05, 3.63) is 29.8 Å². The molecule has 0 bridgehead atoms. The molecule has 1 atom stereocenters. The summed E-state index contributed by atoms with van der Waals surface area (Å²) >= 11 is 0. The van der Waals surface area contributed by atoms with Crippen LogP contribution in [-0.4, -0.2) is 32.5 Å². The van der Waals surface area contributed by atoms with E-state index >= 15 is 0 Å². The normalized spacial score (nSPS) is 21.0. The van der Waals surface area contributed by atoms with Gasteiger partial charge in [0, 0.05) is 12.2 Å². The van der Waals surface area contributed by atoms with Gasteiger partial charge in [-0.05, 0) is 31.4 Å². The van der Waals surface area contributed by atoms with Crippen LogP contribution >= 0.6 is 0 Å². The standard InChI is InChI=1S/C13H18N2O3S/c1-10-2-4-12(5-3-10)15-13(16)14-8-11-6-7-19(17,18)9-11/h2-5,11H,6-9H2,1H3,(H2,14,15,16). The highest BCUT2D eigenvalue weighted by atomic mass is 32.2. The van der Waals surface area contributed by atoms with Crippen molar-refractivity contribution in [2.24, 2.45) is 5.92 Å². The lowest BCUT2D eigenvalue weighted by molar-refractivity contribution is 0.250. The molecule has 1 aliphatic heterocycles. The SMILES string of the molecule is Cc1ccc(NC(=O)NCC2CCS(=O)(=O)C2)cc1. The number of rotatable bonds is 3. The second kappa shape index (κ2) is 5.61. The molecule has 104 valence electrons. The third kappa shape index (κ3) is 4.24. The fraction of sp³-hybridized carbons (Fsp3) is 0.462. The van der Waals surface area contributed by atoms with Gasteiger partial charge in [-0.3, -0.25) is 0 Å². The van der Waals surface area contributed by atoms with Crippen LogP contribution in [0.5, 0.6) is 0 Å². The highest BCUT2D eigenvalue weighted by Crippen LogP contribution is 2.17. The van der Waals surface area contributed by atoms with Crippen LogP contribution in [0, 0.1) is 12.8 Å². The molecule has 6 heteroatoms. The lowest BCUT2D eigenvalue weighted by Gasteiger charge is -2.11. The van der Waals surface area contributed by atoms with Crippen molar-refractivity contribution >= 4 is 21.6 Å². The van der Waals surface area contributed by atoms with Crippen molar-refractivity contribution in [3.8, 4) is 0 Å². The van der Waals surface area contributed by atoms with Crippen molar-refractivity contribution in [2.45, 2.75) is 13.3 Å². The molecule has 1 aromatic rings. The zero-order chi connectivity index (χ0) is 13.9. The van der Waals surface area contributed by atoms with Gasteiger partial charge in [0.2, 0.25) is 0 Å². The minimum absolute atomic E-state index is 0.0359. The lowest BCUT2D eigenvalue weighted by Crippen LogP contribution is -2.33. The highest BCUT2D eigenvalue weighted by Gasteiger charge is 2.27. The minimum Gasteiger partial charge on any atom is -0.338 e. The number of carbonyl (C=O) groups is 1. The molecule has 2 rings (SSSR count). The van der Waals surface area contributed by atoms with Crippen LogP contribution in [0.2, 0.25) is 0 Å². The lowest BCUT2D eigenvalue weighted by atomic mass is 10.1. The number of carbonyl (C=O) groups excluding carboxylic acids is 1. The Labute approximate surface area is 113 Å². The van der Waals surface area contributed by atoms with Gasteiger partial charge in [-0.15, -0.1) is 0 Å². The first-order valence-corrected chi connectivity index (χ1v) is 8.09. The molecule has 1 fully saturated rings. The smallest absolute Gasteiger partial charge is 0.319 e. The molecule has 1 aliphatic rings. The van der Waals surface area contributed by atoms with Gasteiger partial charge < -0.3 is 10.6 Å². The Morgan fingerprint density at radius 3 is 2.58 bits per heavy atom. The molecule has 5 nitrogen and oxygen atoms in total. The molecule has 2 N–H and O–H groups in total. The minimum atomic E-state index is -2.88. The van der Waals surface area contributed by atoms with Crippen molar-refractivity contribution < 1.29 is 13.2 Å². The van der Waals surface area contributed by atoms with Crippen LogP contribution in [-0.2, 0) is 9.84 Å². The predicted octanol–water partition coefficient (Wildman–Crippen LogP) is 1.55. The number of urea groups is 1. The van der Waals surface area contributed by atoms with E-state index < -0.39 is 9.84 Å². The molecule has 19 heavy (non-hydrogen) atoms. The van der Waals surface area contributed by atoms with E-state index in [0.717, 1.165) is 11.3 Å². The van der Waals surface area contributed by atoms with E-state index in [2.05, 4.69) is 10.6 Å². The summed E-state index contributed by atoms with van der Waals surface area (Å²) in [7, 11) is -2.88. The zero-order valence-electron chi connectivity index (χ0n) is 10.8. The predicted molar refractivity (Wildman–Crippen MR) is 75.0 cm³/mol. The summed E-state index contributed by atoms with van der Waals surface area (Å²) in [5.74, 6) is 0.449. The van der Waals surface area contributed by atoms with Crippen molar-refractivity contribution in [1.29, 1.82) is 0 Å². The Morgan fingerprint density at radius 2 is 2.00 bits per heavy atom. The fourth-order valence-electron chi connectivity index (χ4n) is 2.08. The molecule has 1 unspecified atom stereocenters. The van der Waals surface area contributed by atoms with Crippen LogP contribution in [0.1, 0.15) is 12.0 Å². The summed E-state index contributed by atoms with van der Waals surface area (Å²) in [6, 6.07) is 7.19. The van der Waals surface area contributed by atoms with Crippen molar-refractivity contribution in [1.82, 2.24) is 5.32 Å². The number of nitrogens with one attached hydrogen (secondary N) is 2. The van der Waals surface area contributed by atoms with E-state index in [1.807, 2.05) is 31.2 Å². The highest BCUT2D eigenvalue weighted by molar-refractivity contribution is 7.91. The van der Waals surface area contributed by atoms with Gasteiger partial charge in [-0.2, -0.15) is 0 Å². The monoisotopic (exact) mass is 282 g/mol. The second-order valence-corrected chi connectivity index (χ2v) is 7.20. The third-order valence-electron chi connectivity index (χ3n) is 3.19. The van der Waals surface area contributed by atoms with Crippen molar-refractivity contribution in [2.75, 3.05) is 23.4 Å². The first-order valence-electron chi connectivity index (χ1n) is 6.26. The molecule has 2 amide bonds. The van der Waals surface area contributed by atoms with Crippen LogP contribution in [0.15, 0.2) is 24.3 Å². The Kier molecular flexibility index (Phi) is 4.09. The van der Waals surface area contributed by atoms with Crippen LogP contribution in [0.25, 0.3) is 0 Å². The molecule has 0 saturated carbocycles. The van der Waals surface area contributed by atoms with Crippen LogP contribution in [0.4, 0.5) is 10.5 Å². The van der Waals surface area contributed by atoms with E-state index in [-0.39, 0.29) is 23.5 Å². The number of sulfone groups is 1. The van der Waals surface area contributed by atoms with Gasteiger partial charge >= 0.3 is 6.03 Å². The molecule has 0 spiro atoms. The number of anilines is 1. The Morgan fingerprint density at radius 1 is 1.32 bits per heavy atom. The van der Waals surface area contributed by atoms with E-state index in [1.54, 1.807) is 0 Å². The third-order valence-corrected chi connectivity index (χ3v) is 5.02. The van der Waals surface area contributed by atoms with E-state index in [1.165, 1.54) is 0 Å². The molecular weight excluding hydrogens is 264 g/mol. The van der Waals surface area contributed by atoms with Crippen LogP contribution in [0.3, 0.4) is 0 Å². The average molecular weight is 282 g/mol. The molecule has 1 saturated heterocycles. The number of benzene rings is 1. The summed E-state index contributed by atoms with van der Waals surface area (Å²) in [6.45, 7) is 2.38. The number of hydrogen-bond donors (Lipinski definition) is 2. The maximum Gasteiger partial charge on any atom is 0.319 e. The number of amides is 2. The molecular formula is C13H18N2O3S. The van der Waals surface area contributed by atoms with E-state index in [4.69, 9.17) is 0 Å². The Hall–Kier alpha value is -1.56. The maximum absolute atomic E-state index is 11.6. The van der Waals surface area contributed by atoms with Gasteiger partial charge in [0.05, 0.1) is 11.5 Å². The molecule has 1 aromatic carbocycles. The second-order valence-electron chi connectivity index (χ2n) is 4.97. The van der Waals surface area contributed by atoms with Gasteiger partial charge in [0.15, 0.2) is 9.84 Å². The van der Waals surface area contributed by atoms with Crippen LogP contribution < -0.4 is 10.6 Å². The number of hydrogen-bond acceptors (Lipinski definition) is 3. The van der Waals surface area contributed by atoms with Gasteiger partial charge in [0.1, 0.15) is 0 Å². The Balaban J connectivity index is 1.78. The van der Waals surface area contributed by atoms with Crippen molar-refractivity contribution in [3.63, 3.8) is 0 Å². The topological polar surface area (TPSA) is 75.3 Å². The summed E-state index contributed by atoms with van der Waals surface area (Å²) in [4.78, 5) is 11.6. The first-order chi connectivity index (χ1) is 8.94. The quantitative estimate of drug-likeness (QED) is 0.883. The first kappa shape index (κ1) is 13.9. The molecule has 1 heterocycles. The molecule has 0 aliphatic carbocycles. The zero-order valence-corrected chi connectivity index (χ0v) is 11.7. The summed E-state index contributed by atoms with van der Waals surface area (Å²) in [5, 5.41) is 5.43. The summed E-state index contributed by atoms with van der Waals surface area (Å²) in [6.07, 6.45) is 0.632. The van der Waals surface area contributed by atoms with Gasteiger partial charge in [-0.25, -0.2) is 13.2 Å². The van der Waals surface area contributed by atoms with E-state index in [9.17, 15) is 13.2 Å². The summed E-state index contributed by atoms with van der Waals surface area (Å²) < 4.78 is 22.6. The molecule has 0 aromatic heterocycles. The average Bonchev–Trinajstić information content (AvgIpc) is 2.69. The van der Waals surface area contributed by atoms with E-state index in [0.29, 0.717) is 13.0 Å². The molecule has 0 radical (unpaired) electrons. The van der Waals surface area contributed by atoms with Gasteiger partial charge in [-0.1, -0.05) is 17.7 Å². The maximum atomic E-state index is 11.6. The largest absolute Gasteiger partial charge is 0.338 e. The number of aryl methyl sites for hydroxylation is 1. The summed E-state index contributed by atoms with van der Waals surface area (Å²) in [5.41, 5.74) is 1.85. The Bertz CT molecular complexity index is 552. The fourth-order valence-corrected chi connectivity index (χ4v) is 3.94.